The lowest BCUT2D eigenvalue weighted by Gasteiger charge is -2.13. The van der Waals surface area contributed by atoms with E-state index >= 15 is 0 Å². The van der Waals surface area contributed by atoms with Gasteiger partial charge >= 0.3 is 5.97 Å². The number of carbonyl (C=O) groups is 1. The van der Waals surface area contributed by atoms with E-state index in [2.05, 4.69) is 41.7 Å². The first-order valence-electron chi connectivity index (χ1n) is 9.52. The lowest BCUT2D eigenvalue weighted by atomic mass is 10.1. The van der Waals surface area contributed by atoms with Crippen LogP contribution in [0, 0.1) is 0 Å². The minimum Gasteiger partial charge on any atom is -0.494 e. The summed E-state index contributed by atoms with van der Waals surface area (Å²) in [7, 11) is 0. The number of hydrogen-bond donors (Lipinski definition) is 3. The van der Waals surface area contributed by atoms with E-state index in [9.17, 15) is 4.79 Å². The number of aryl methyl sites for hydroxylation is 2. The number of aliphatic hydroxyl groups excluding tert-OH is 1. The van der Waals surface area contributed by atoms with Gasteiger partial charge in [-0.05, 0) is 61.9 Å². The van der Waals surface area contributed by atoms with Gasteiger partial charge in [-0.3, -0.25) is 4.79 Å². The molecule has 0 fully saturated rings. The third kappa shape index (κ3) is 8.24. The Balaban J connectivity index is 1.62. The van der Waals surface area contributed by atoms with Crippen molar-refractivity contribution in [2.75, 3.05) is 19.8 Å². The molecule has 5 nitrogen and oxygen atoms in total. The van der Waals surface area contributed by atoms with Gasteiger partial charge in [0, 0.05) is 6.61 Å². The fraction of sp³-hybridized carbons (Fsp3) is 0.409. The average molecular weight is 371 g/mol. The Kier molecular flexibility index (Phi) is 9.38. The third-order valence-electron chi connectivity index (χ3n) is 4.39. The van der Waals surface area contributed by atoms with Gasteiger partial charge in [0.1, 0.15) is 11.8 Å². The standard InChI is InChI=1S/C22H29NO4/c24-16-14-21(22(25)26)23-15-4-8-19-10-12-20(13-11-19)27-17-5-9-18-6-2-1-3-7-18/h1-3,6-7,10-13,21,23-24H,4-5,8-9,14-17H2,(H,25,26)/t21-/m0/s1. The molecule has 0 heterocycles. The van der Waals surface area contributed by atoms with Gasteiger partial charge < -0.3 is 20.3 Å². The van der Waals surface area contributed by atoms with Gasteiger partial charge in [-0.2, -0.15) is 0 Å². The predicted octanol–water partition coefficient (Wildman–Crippen LogP) is 3.06. The molecule has 0 aliphatic rings. The second-order valence-corrected chi connectivity index (χ2v) is 6.54. The molecule has 0 aromatic heterocycles. The average Bonchev–Trinajstić information content (AvgIpc) is 2.69. The van der Waals surface area contributed by atoms with E-state index < -0.39 is 12.0 Å². The summed E-state index contributed by atoms with van der Waals surface area (Å²) >= 11 is 0. The van der Waals surface area contributed by atoms with Crippen molar-refractivity contribution in [1.29, 1.82) is 0 Å². The summed E-state index contributed by atoms with van der Waals surface area (Å²) < 4.78 is 5.79. The molecule has 2 aromatic rings. The summed E-state index contributed by atoms with van der Waals surface area (Å²) in [4.78, 5) is 11.0. The number of aliphatic carboxylic acids is 1. The molecule has 0 amide bonds. The largest absolute Gasteiger partial charge is 0.494 e. The summed E-state index contributed by atoms with van der Waals surface area (Å²) in [5.74, 6) is -0.0448. The van der Waals surface area contributed by atoms with E-state index in [-0.39, 0.29) is 13.0 Å². The molecule has 27 heavy (non-hydrogen) atoms. The number of carboxylic acids is 1. The second kappa shape index (κ2) is 12.1. The lowest BCUT2D eigenvalue weighted by Crippen LogP contribution is -2.38. The van der Waals surface area contributed by atoms with Crippen LogP contribution in [-0.4, -0.2) is 42.0 Å². The molecular weight excluding hydrogens is 342 g/mol. The smallest absolute Gasteiger partial charge is 0.320 e. The van der Waals surface area contributed by atoms with Crippen LogP contribution in [0.15, 0.2) is 54.6 Å². The minimum atomic E-state index is -0.919. The van der Waals surface area contributed by atoms with E-state index in [1.807, 2.05) is 18.2 Å². The molecule has 0 aliphatic carbocycles. The summed E-state index contributed by atoms with van der Waals surface area (Å²) in [6, 6.07) is 17.8. The molecule has 146 valence electrons. The van der Waals surface area contributed by atoms with Crippen molar-refractivity contribution >= 4 is 5.97 Å². The zero-order chi connectivity index (χ0) is 19.3. The molecule has 1 atom stereocenters. The Morgan fingerprint density at radius 3 is 2.30 bits per heavy atom. The Morgan fingerprint density at radius 2 is 1.63 bits per heavy atom. The van der Waals surface area contributed by atoms with Crippen LogP contribution in [0.2, 0.25) is 0 Å². The van der Waals surface area contributed by atoms with Gasteiger partial charge in [0.2, 0.25) is 0 Å². The van der Waals surface area contributed by atoms with Crippen molar-refractivity contribution in [3.8, 4) is 5.75 Å². The summed E-state index contributed by atoms with van der Waals surface area (Å²) in [6.07, 6.45) is 3.93. The fourth-order valence-corrected chi connectivity index (χ4v) is 2.87. The maximum absolute atomic E-state index is 11.0. The van der Waals surface area contributed by atoms with Crippen molar-refractivity contribution < 1.29 is 19.7 Å². The SMILES string of the molecule is O=C(O)[C@H](CCO)NCCCc1ccc(OCCCc2ccccc2)cc1. The van der Waals surface area contributed by atoms with Crippen LogP contribution < -0.4 is 10.1 Å². The van der Waals surface area contributed by atoms with Crippen molar-refractivity contribution in [3.63, 3.8) is 0 Å². The van der Waals surface area contributed by atoms with Crippen LogP contribution in [0.3, 0.4) is 0 Å². The van der Waals surface area contributed by atoms with Gasteiger partial charge in [0.25, 0.3) is 0 Å². The van der Waals surface area contributed by atoms with Gasteiger partial charge in [-0.1, -0.05) is 42.5 Å². The summed E-state index contributed by atoms with van der Waals surface area (Å²) in [5, 5.41) is 20.8. The predicted molar refractivity (Wildman–Crippen MR) is 106 cm³/mol. The monoisotopic (exact) mass is 371 g/mol. The molecule has 2 rings (SSSR count). The van der Waals surface area contributed by atoms with Crippen LogP contribution in [0.1, 0.15) is 30.4 Å². The van der Waals surface area contributed by atoms with Crippen LogP contribution in [-0.2, 0) is 17.6 Å². The molecule has 0 saturated carbocycles. The van der Waals surface area contributed by atoms with Crippen molar-refractivity contribution in [3.05, 3.63) is 65.7 Å². The van der Waals surface area contributed by atoms with Crippen LogP contribution >= 0.6 is 0 Å². The number of hydrogen-bond acceptors (Lipinski definition) is 4. The van der Waals surface area contributed by atoms with Crippen LogP contribution in [0.4, 0.5) is 0 Å². The first-order valence-corrected chi connectivity index (χ1v) is 9.52. The second-order valence-electron chi connectivity index (χ2n) is 6.54. The van der Waals surface area contributed by atoms with Crippen molar-refractivity contribution in [2.45, 2.75) is 38.1 Å². The number of aliphatic hydroxyl groups is 1. The van der Waals surface area contributed by atoms with E-state index in [1.165, 1.54) is 11.1 Å². The molecule has 0 radical (unpaired) electrons. The number of benzene rings is 2. The number of rotatable bonds is 13. The normalized spacial score (nSPS) is 11.9. The van der Waals surface area contributed by atoms with Gasteiger partial charge in [-0.25, -0.2) is 0 Å². The first-order chi connectivity index (χ1) is 13.2. The number of ether oxygens (including phenoxy) is 1. The van der Waals surface area contributed by atoms with Gasteiger partial charge in [-0.15, -0.1) is 0 Å². The van der Waals surface area contributed by atoms with Gasteiger partial charge in [0.05, 0.1) is 6.61 Å². The highest BCUT2D eigenvalue weighted by atomic mass is 16.5. The van der Waals surface area contributed by atoms with Crippen LogP contribution in [0.5, 0.6) is 5.75 Å². The molecule has 0 bridgehead atoms. The first kappa shape index (κ1) is 20.9. The molecule has 5 heteroatoms. The van der Waals surface area contributed by atoms with E-state index in [0.717, 1.165) is 31.4 Å². The lowest BCUT2D eigenvalue weighted by molar-refractivity contribution is -0.139. The quantitative estimate of drug-likeness (QED) is 0.472. The molecule has 2 aromatic carbocycles. The third-order valence-corrected chi connectivity index (χ3v) is 4.39. The molecule has 3 N–H and O–H groups in total. The molecular formula is C22H29NO4. The molecule has 0 saturated heterocycles. The topological polar surface area (TPSA) is 78.8 Å². The molecule has 0 unspecified atom stereocenters. The Bertz CT molecular complexity index is 658. The maximum atomic E-state index is 11.0. The van der Waals surface area contributed by atoms with E-state index in [4.69, 9.17) is 14.9 Å². The molecule has 0 aliphatic heterocycles. The highest BCUT2D eigenvalue weighted by Gasteiger charge is 2.14. The number of nitrogens with one attached hydrogen (secondary N) is 1. The summed E-state index contributed by atoms with van der Waals surface area (Å²) in [6.45, 7) is 1.17. The Morgan fingerprint density at radius 1 is 0.963 bits per heavy atom. The highest BCUT2D eigenvalue weighted by Crippen LogP contribution is 2.14. The Hall–Kier alpha value is -2.37. The van der Waals surface area contributed by atoms with Crippen molar-refractivity contribution in [1.82, 2.24) is 5.32 Å². The molecule has 0 spiro atoms. The zero-order valence-corrected chi connectivity index (χ0v) is 15.6. The van der Waals surface area contributed by atoms with Crippen LogP contribution in [0.25, 0.3) is 0 Å². The zero-order valence-electron chi connectivity index (χ0n) is 15.6. The highest BCUT2D eigenvalue weighted by molar-refractivity contribution is 5.73. The fourth-order valence-electron chi connectivity index (χ4n) is 2.87. The maximum Gasteiger partial charge on any atom is 0.320 e. The van der Waals surface area contributed by atoms with Gasteiger partial charge in [0.15, 0.2) is 0 Å². The number of carboxylic acid groups (broad SMARTS) is 1. The minimum absolute atomic E-state index is 0.128. The van der Waals surface area contributed by atoms with E-state index in [0.29, 0.717) is 13.2 Å². The van der Waals surface area contributed by atoms with E-state index in [1.54, 1.807) is 0 Å². The summed E-state index contributed by atoms with van der Waals surface area (Å²) in [5.41, 5.74) is 2.52. The Labute approximate surface area is 161 Å². The van der Waals surface area contributed by atoms with Crippen molar-refractivity contribution in [2.24, 2.45) is 0 Å².